The molecule has 0 unspecified atom stereocenters. The van der Waals surface area contributed by atoms with Gasteiger partial charge in [-0.05, 0) is 31.6 Å². The molecule has 2 rings (SSSR count). The summed E-state index contributed by atoms with van der Waals surface area (Å²) in [6, 6.07) is 7.82. The van der Waals surface area contributed by atoms with E-state index in [4.69, 9.17) is 4.74 Å². The van der Waals surface area contributed by atoms with Crippen LogP contribution in [-0.2, 0) is 11.2 Å². The zero-order valence-corrected chi connectivity index (χ0v) is 12.7. The van der Waals surface area contributed by atoms with E-state index in [2.05, 4.69) is 15.5 Å². The minimum atomic E-state index is 0.0231. The van der Waals surface area contributed by atoms with E-state index in [0.717, 1.165) is 56.9 Å². The van der Waals surface area contributed by atoms with E-state index < -0.39 is 0 Å². The summed E-state index contributed by atoms with van der Waals surface area (Å²) in [5.41, 5.74) is 1.88. The first kappa shape index (κ1) is 15.9. The van der Waals surface area contributed by atoms with Crippen LogP contribution in [0.5, 0.6) is 0 Å². The van der Waals surface area contributed by atoms with Gasteiger partial charge >= 0.3 is 0 Å². The molecule has 116 valence electrons. The first-order valence-electron chi connectivity index (χ1n) is 7.62. The predicted octanol–water partition coefficient (Wildman–Crippen LogP) is 0.511. The first-order chi connectivity index (χ1) is 10.3. The molecule has 1 aliphatic heterocycles. The molecule has 1 saturated heterocycles. The average molecular weight is 291 g/mol. The Labute approximate surface area is 126 Å². The number of amides is 1. The van der Waals surface area contributed by atoms with Crippen LogP contribution in [0.15, 0.2) is 24.3 Å². The summed E-state index contributed by atoms with van der Waals surface area (Å²) < 4.78 is 5.31. The Morgan fingerprint density at radius 1 is 1.24 bits per heavy atom. The number of morpholine rings is 1. The van der Waals surface area contributed by atoms with Gasteiger partial charge in [-0.25, -0.2) is 0 Å². The van der Waals surface area contributed by atoms with Crippen LogP contribution in [0.3, 0.4) is 0 Å². The minimum Gasteiger partial charge on any atom is -0.379 e. The lowest BCUT2D eigenvalue weighted by atomic mass is 10.0. The molecule has 1 fully saturated rings. The molecule has 1 aromatic rings. The molecule has 0 radical (unpaired) electrons. The van der Waals surface area contributed by atoms with Gasteiger partial charge in [-0.1, -0.05) is 18.2 Å². The van der Waals surface area contributed by atoms with E-state index in [-0.39, 0.29) is 5.91 Å². The summed E-state index contributed by atoms with van der Waals surface area (Å²) >= 11 is 0. The molecule has 0 atom stereocenters. The summed E-state index contributed by atoms with van der Waals surface area (Å²) in [5, 5.41) is 6.14. The highest BCUT2D eigenvalue weighted by atomic mass is 16.5. The number of rotatable bonds is 7. The largest absolute Gasteiger partial charge is 0.379 e. The van der Waals surface area contributed by atoms with Gasteiger partial charge in [0.1, 0.15) is 0 Å². The summed E-state index contributed by atoms with van der Waals surface area (Å²) in [7, 11) is 1.92. The van der Waals surface area contributed by atoms with Crippen molar-refractivity contribution in [3.05, 3.63) is 35.4 Å². The number of nitrogens with one attached hydrogen (secondary N) is 2. The highest BCUT2D eigenvalue weighted by Crippen LogP contribution is 2.09. The molecule has 0 bridgehead atoms. The molecular formula is C16H25N3O2. The highest BCUT2D eigenvalue weighted by Gasteiger charge is 2.12. The average Bonchev–Trinajstić information content (AvgIpc) is 2.54. The third-order valence-electron chi connectivity index (χ3n) is 3.72. The van der Waals surface area contributed by atoms with Crippen LogP contribution in [0.2, 0.25) is 0 Å². The van der Waals surface area contributed by atoms with Crippen LogP contribution in [0.1, 0.15) is 15.9 Å². The lowest BCUT2D eigenvalue weighted by Gasteiger charge is -2.26. The van der Waals surface area contributed by atoms with Gasteiger partial charge in [0.2, 0.25) is 0 Å². The second-order valence-corrected chi connectivity index (χ2v) is 5.22. The fraction of sp³-hybridized carbons (Fsp3) is 0.562. The Hall–Kier alpha value is -1.43. The number of hydrogen-bond donors (Lipinski definition) is 2. The normalized spacial score (nSPS) is 15.9. The molecule has 1 heterocycles. The van der Waals surface area contributed by atoms with Crippen LogP contribution in [0.4, 0.5) is 0 Å². The third-order valence-corrected chi connectivity index (χ3v) is 3.72. The maximum Gasteiger partial charge on any atom is 0.251 e. The summed E-state index contributed by atoms with van der Waals surface area (Å²) in [6.45, 7) is 5.93. The Balaban J connectivity index is 1.82. The van der Waals surface area contributed by atoms with E-state index in [0.29, 0.717) is 6.54 Å². The number of hydrogen-bond acceptors (Lipinski definition) is 4. The standard InChI is InChI=1S/C16H25N3O2/c1-17-7-6-14-4-2-3-5-15(14)16(20)18-8-9-19-10-12-21-13-11-19/h2-5,17H,6-13H2,1H3,(H,18,20). The topological polar surface area (TPSA) is 53.6 Å². The van der Waals surface area contributed by atoms with E-state index in [1.807, 2.05) is 31.3 Å². The number of carbonyl (C=O) groups excluding carboxylic acids is 1. The van der Waals surface area contributed by atoms with Gasteiger partial charge in [0.15, 0.2) is 0 Å². The molecule has 0 aromatic heterocycles. The summed E-state index contributed by atoms with van der Waals surface area (Å²) in [6.07, 6.45) is 0.865. The number of likely N-dealkylation sites (N-methyl/N-ethyl adjacent to an activating group) is 1. The number of carbonyl (C=O) groups is 1. The van der Waals surface area contributed by atoms with Gasteiger partial charge in [0.25, 0.3) is 5.91 Å². The minimum absolute atomic E-state index is 0.0231. The van der Waals surface area contributed by atoms with Gasteiger partial charge in [-0.3, -0.25) is 9.69 Å². The number of nitrogens with zero attached hydrogens (tertiary/aromatic N) is 1. The van der Waals surface area contributed by atoms with Gasteiger partial charge in [-0.15, -0.1) is 0 Å². The Kier molecular flexibility index (Phi) is 6.66. The zero-order valence-electron chi connectivity index (χ0n) is 12.7. The molecule has 1 amide bonds. The van der Waals surface area contributed by atoms with Crippen molar-refractivity contribution < 1.29 is 9.53 Å². The Morgan fingerprint density at radius 3 is 2.76 bits per heavy atom. The van der Waals surface area contributed by atoms with Gasteiger partial charge in [0.05, 0.1) is 13.2 Å². The smallest absolute Gasteiger partial charge is 0.251 e. The van der Waals surface area contributed by atoms with Crippen molar-refractivity contribution in [3.8, 4) is 0 Å². The molecule has 5 heteroatoms. The van der Waals surface area contributed by atoms with Crippen molar-refractivity contribution in [2.24, 2.45) is 0 Å². The van der Waals surface area contributed by atoms with Gasteiger partial charge in [-0.2, -0.15) is 0 Å². The summed E-state index contributed by atoms with van der Waals surface area (Å²) in [5.74, 6) is 0.0231. The molecule has 2 N–H and O–H groups in total. The monoisotopic (exact) mass is 291 g/mol. The van der Waals surface area contributed by atoms with Gasteiger partial charge < -0.3 is 15.4 Å². The van der Waals surface area contributed by atoms with Crippen molar-refractivity contribution in [1.29, 1.82) is 0 Å². The molecule has 1 aromatic carbocycles. The highest BCUT2D eigenvalue weighted by molar-refractivity contribution is 5.95. The molecule has 5 nitrogen and oxygen atoms in total. The molecule has 1 aliphatic rings. The van der Waals surface area contributed by atoms with E-state index in [1.165, 1.54) is 0 Å². The second-order valence-electron chi connectivity index (χ2n) is 5.22. The first-order valence-corrected chi connectivity index (χ1v) is 7.62. The van der Waals surface area contributed by atoms with Crippen molar-refractivity contribution in [3.63, 3.8) is 0 Å². The van der Waals surface area contributed by atoms with E-state index in [1.54, 1.807) is 0 Å². The van der Waals surface area contributed by atoms with Crippen molar-refractivity contribution in [2.75, 3.05) is 53.0 Å². The maximum absolute atomic E-state index is 12.3. The number of ether oxygens (including phenoxy) is 1. The van der Waals surface area contributed by atoms with Crippen molar-refractivity contribution in [2.45, 2.75) is 6.42 Å². The Bertz CT molecular complexity index is 445. The van der Waals surface area contributed by atoms with Crippen molar-refractivity contribution >= 4 is 5.91 Å². The molecule has 0 saturated carbocycles. The van der Waals surface area contributed by atoms with Crippen LogP contribution in [-0.4, -0.2) is 63.8 Å². The van der Waals surface area contributed by atoms with Crippen LogP contribution < -0.4 is 10.6 Å². The molecule has 21 heavy (non-hydrogen) atoms. The van der Waals surface area contributed by atoms with Crippen molar-refractivity contribution in [1.82, 2.24) is 15.5 Å². The van der Waals surface area contributed by atoms with Crippen LogP contribution in [0, 0.1) is 0 Å². The molecular weight excluding hydrogens is 266 g/mol. The lowest BCUT2D eigenvalue weighted by Crippen LogP contribution is -2.41. The lowest BCUT2D eigenvalue weighted by molar-refractivity contribution is 0.0383. The molecule has 0 aliphatic carbocycles. The van der Waals surface area contributed by atoms with Gasteiger partial charge in [0, 0.05) is 31.7 Å². The van der Waals surface area contributed by atoms with E-state index in [9.17, 15) is 4.79 Å². The zero-order chi connectivity index (χ0) is 14.9. The van der Waals surface area contributed by atoms with Crippen LogP contribution in [0.25, 0.3) is 0 Å². The fourth-order valence-corrected chi connectivity index (χ4v) is 2.47. The summed E-state index contributed by atoms with van der Waals surface area (Å²) in [4.78, 5) is 14.6. The van der Waals surface area contributed by atoms with E-state index >= 15 is 0 Å². The second kappa shape index (κ2) is 8.77. The number of benzene rings is 1. The maximum atomic E-state index is 12.3. The third kappa shape index (κ3) is 5.12. The SMILES string of the molecule is CNCCc1ccccc1C(=O)NCCN1CCOCC1. The quantitative estimate of drug-likeness (QED) is 0.769. The van der Waals surface area contributed by atoms with Crippen LogP contribution >= 0.6 is 0 Å². The fourth-order valence-electron chi connectivity index (χ4n) is 2.47. The predicted molar refractivity (Wildman–Crippen MR) is 83.7 cm³/mol. The molecule has 0 spiro atoms. The Morgan fingerprint density at radius 2 is 2.00 bits per heavy atom.